The maximum Gasteiger partial charge on any atom is 0.338 e. The number of esters is 1. The van der Waals surface area contributed by atoms with Crippen molar-refractivity contribution in [2.45, 2.75) is 20.3 Å². The number of benzene rings is 1. The molecule has 1 aromatic carbocycles. The largest absolute Gasteiger partial charge is 0.462 e. The molecule has 0 spiro atoms. The van der Waals surface area contributed by atoms with Gasteiger partial charge in [-0.25, -0.2) is 4.79 Å². The summed E-state index contributed by atoms with van der Waals surface area (Å²) in [5.41, 5.74) is 1.37. The lowest BCUT2D eigenvalue weighted by atomic mass is 10.1. The second kappa shape index (κ2) is 10.3. The third-order valence-electron chi connectivity index (χ3n) is 2.15. The molecule has 1 N–H and O–H groups in total. The van der Waals surface area contributed by atoms with E-state index in [0.717, 1.165) is 11.8 Å². The van der Waals surface area contributed by atoms with E-state index in [-0.39, 0.29) is 19.2 Å². The Bertz CT molecular complexity index is 507. The SMILES string of the molecule is CCO.CCOC(=O)c1ccc(CCOS(C)(=O)=O)cc1. The Balaban J connectivity index is 0.00000122. The molecular formula is C14H22O6S. The lowest BCUT2D eigenvalue weighted by Gasteiger charge is -2.04. The number of ether oxygens (including phenoxy) is 1. The van der Waals surface area contributed by atoms with Crippen molar-refractivity contribution in [1.29, 1.82) is 0 Å². The third-order valence-corrected chi connectivity index (χ3v) is 2.75. The monoisotopic (exact) mass is 318 g/mol. The predicted octanol–water partition coefficient (Wildman–Crippen LogP) is 1.38. The predicted molar refractivity (Wildman–Crippen MR) is 79.7 cm³/mol. The molecule has 21 heavy (non-hydrogen) atoms. The van der Waals surface area contributed by atoms with E-state index in [9.17, 15) is 13.2 Å². The summed E-state index contributed by atoms with van der Waals surface area (Å²) in [6.45, 7) is 4.11. The maximum atomic E-state index is 11.4. The van der Waals surface area contributed by atoms with E-state index in [1.807, 2.05) is 0 Å². The molecule has 0 fully saturated rings. The van der Waals surface area contributed by atoms with Gasteiger partial charge in [0.25, 0.3) is 10.1 Å². The third kappa shape index (κ3) is 10.0. The summed E-state index contributed by atoms with van der Waals surface area (Å²) in [5.74, 6) is -0.364. The average Bonchev–Trinajstić information content (AvgIpc) is 2.39. The van der Waals surface area contributed by atoms with Crippen LogP contribution in [0.25, 0.3) is 0 Å². The van der Waals surface area contributed by atoms with Crippen LogP contribution < -0.4 is 0 Å². The molecule has 1 rings (SSSR count). The molecule has 0 aliphatic carbocycles. The lowest BCUT2D eigenvalue weighted by molar-refractivity contribution is 0.0526. The van der Waals surface area contributed by atoms with Gasteiger partial charge in [-0.05, 0) is 38.0 Å². The Hall–Kier alpha value is -1.44. The number of rotatable bonds is 6. The van der Waals surface area contributed by atoms with E-state index in [0.29, 0.717) is 18.6 Å². The first-order chi connectivity index (χ1) is 9.84. The van der Waals surface area contributed by atoms with Crippen LogP contribution >= 0.6 is 0 Å². The standard InChI is InChI=1S/C12H16O5S.C2H6O/c1-3-16-12(13)11-6-4-10(5-7-11)8-9-17-18(2,14)15;1-2-3/h4-7H,3,8-9H2,1-2H3;3H,2H2,1H3. The smallest absolute Gasteiger partial charge is 0.338 e. The Morgan fingerprint density at radius 2 is 1.71 bits per heavy atom. The van der Waals surface area contributed by atoms with Gasteiger partial charge in [-0.2, -0.15) is 8.42 Å². The number of carbonyl (C=O) groups excluding carboxylic acids is 1. The van der Waals surface area contributed by atoms with Crippen molar-refractivity contribution in [2.75, 3.05) is 26.1 Å². The summed E-state index contributed by atoms with van der Waals surface area (Å²) >= 11 is 0. The molecule has 0 aromatic heterocycles. The number of aliphatic hydroxyl groups excluding tert-OH is 1. The van der Waals surface area contributed by atoms with Crippen molar-refractivity contribution < 1.29 is 27.2 Å². The fourth-order valence-electron chi connectivity index (χ4n) is 1.33. The van der Waals surface area contributed by atoms with Gasteiger partial charge >= 0.3 is 5.97 Å². The normalized spacial score (nSPS) is 10.5. The van der Waals surface area contributed by atoms with Gasteiger partial charge in [0.05, 0.1) is 25.0 Å². The van der Waals surface area contributed by atoms with Gasteiger partial charge in [0.15, 0.2) is 0 Å². The highest BCUT2D eigenvalue weighted by atomic mass is 32.2. The van der Waals surface area contributed by atoms with Crippen molar-refractivity contribution in [3.8, 4) is 0 Å². The number of carbonyl (C=O) groups is 1. The molecule has 0 heterocycles. The Morgan fingerprint density at radius 3 is 2.14 bits per heavy atom. The Morgan fingerprint density at radius 1 is 1.19 bits per heavy atom. The van der Waals surface area contributed by atoms with Gasteiger partial charge in [0.2, 0.25) is 0 Å². The maximum absolute atomic E-state index is 11.4. The molecule has 7 heteroatoms. The first-order valence-electron chi connectivity index (χ1n) is 6.55. The molecule has 6 nitrogen and oxygen atoms in total. The average molecular weight is 318 g/mol. The summed E-state index contributed by atoms with van der Waals surface area (Å²) in [4.78, 5) is 11.4. The summed E-state index contributed by atoms with van der Waals surface area (Å²) in [6, 6.07) is 6.79. The van der Waals surface area contributed by atoms with E-state index in [1.165, 1.54) is 0 Å². The minimum Gasteiger partial charge on any atom is -0.462 e. The van der Waals surface area contributed by atoms with Crippen LogP contribution in [0, 0.1) is 0 Å². The van der Waals surface area contributed by atoms with Crippen LogP contribution in [0.4, 0.5) is 0 Å². The lowest BCUT2D eigenvalue weighted by Crippen LogP contribution is -2.07. The highest BCUT2D eigenvalue weighted by Gasteiger charge is 2.06. The molecule has 0 amide bonds. The summed E-state index contributed by atoms with van der Waals surface area (Å²) < 4.78 is 31.0. The highest BCUT2D eigenvalue weighted by molar-refractivity contribution is 7.85. The van der Waals surface area contributed by atoms with Crippen LogP contribution in [-0.2, 0) is 25.5 Å². The zero-order valence-electron chi connectivity index (χ0n) is 12.5. The van der Waals surface area contributed by atoms with Crippen LogP contribution in [0.1, 0.15) is 29.8 Å². The van der Waals surface area contributed by atoms with Crippen LogP contribution in [0.5, 0.6) is 0 Å². The summed E-state index contributed by atoms with van der Waals surface area (Å²) in [6.07, 6.45) is 1.48. The zero-order valence-corrected chi connectivity index (χ0v) is 13.4. The molecule has 0 atom stereocenters. The van der Waals surface area contributed by atoms with E-state index in [4.69, 9.17) is 9.84 Å². The van der Waals surface area contributed by atoms with Crippen molar-refractivity contribution in [1.82, 2.24) is 0 Å². The Kier molecular flexibility index (Phi) is 9.60. The van der Waals surface area contributed by atoms with Crippen LogP contribution in [0.3, 0.4) is 0 Å². The van der Waals surface area contributed by atoms with Gasteiger partial charge < -0.3 is 9.84 Å². The van der Waals surface area contributed by atoms with Crippen molar-refractivity contribution in [2.24, 2.45) is 0 Å². The van der Waals surface area contributed by atoms with Gasteiger partial charge in [0, 0.05) is 6.61 Å². The zero-order chi connectivity index (χ0) is 16.3. The van der Waals surface area contributed by atoms with E-state index in [1.54, 1.807) is 38.1 Å². The molecule has 0 aliphatic rings. The quantitative estimate of drug-likeness (QED) is 0.629. The van der Waals surface area contributed by atoms with Gasteiger partial charge in [-0.1, -0.05) is 12.1 Å². The molecular weight excluding hydrogens is 296 g/mol. The van der Waals surface area contributed by atoms with Crippen molar-refractivity contribution >= 4 is 16.1 Å². The minimum absolute atomic E-state index is 0.0948. The highest BCUT2D eigenvalue weighted by Crippen LogP contribution is 2.07. The topological polar surface area (TPSA) is 89.9 Å². The van der Waals surface area contributed by atoms with Crippen molar-refractivity contribution in [3.63, 3.8) is 0 Å². The fourth-order valence-corrected chi connectivity index (χ4v) is 1.72. The molecule has 120 valence electrons. The van der Waals surface area contributed by atoms with Gasteiger partial charge in [-0.15, -0.1) is 0 Å². The molecule has 0 saturated carbocycles. The number of hydrogen-bond acceptors (Lipinski definition) is 6. The number of hydrogen-bond donors (Lipinski definition) is 1. The first kappa shape index (κ1) is 19.6. The number of aliphatic hydroxyl groups is 1. The van der Waals surface area contributed by atoms with Crippen LogP contribution in [0.15, 0.2) is 24.3 Å². The molecule has 0 saturated heterocycles. The van der Waals surface area contributed by atoms with Gasteiger partial charge in [0.1, 0.15) is 0 Å². The molecule has 0 bridgehead atoms. The van der Waals surface area contributed by atoms with E-state index < -0.39 is 10.1 Å². The summed E-state index contributed by atoms with van der Waals surface area (Å²) in [7, 11) is -3.40. The fraction of sp³-hybridized carbons (Fsp3) is 0.500. The molecule has 0 unspecified atom stereocenters. The molecule has 0 aliphatic heterocycles. The Labute approximate surface area is 125 Å². The molecule has 0 radical (unpaired) electrons. The minimum atomic E-state index is -3.40. The summed E-state index contributed by atoms with van der Waals surface area (Å²) in [5, 5.41) is 7.57. The second-order valence-corrected chi connectivity index (χ2v) is 5.65. The first-order valence-corrected chi connectivity index (χ1v) is 8.37. The van der Waals surface area contributed by atoms with E-state index >= 15 is 0 Å². The molecule has 1 aromatic rings. The van der Waals surface area contributed by atoms with E-state index in [2.05, 4.69) is 4.18 Å². The van der Waals surface area contributed by atoms with Gasteiger partial charge in [-0.3, -0.25) is 4.18 Å². The second-order valence-electron chi connectivity index (χ2n) is 4.01. The van der Waals surface area contributed by atoms with Crippen LogP contribution in [-0.4, -0.2) is 45.6 Å². The van der Waals surface area contributed by atoms with Crippen molar-refractivity contribution in [3.05, 3.63) is 35.4 Å². The van der Waals surface area contributed by atoms with Crippen LogP contribution in [0.2, 0.25) is 0 Å².